The van der Waals surface area contributed by atoms with E-state index in [4.69, 9.17) is 0 Å². The Balaban J connectivity index is 2.46. The van der Waals surface area contributed by atoms with Crippen LogP contribution < -0.4 is 5.32 Å². The van der Waals surface area contributed by atoms with Crippen molar-refractivity contribution in [3.8, 4) is 0 Å². The molecule has 3 nitrogen and oxygen atoms in total. The third-order valence-corrected chi connectivity index (χ3v) is 1.91. The maximum Gasteiger partial charge on any atom is 0.237 e. The molecule has 1 rings (SSSR count). The van der Waals surface area contributed by atoms with Crippen LogP contribution in [0, 0.1) is 7.05 Å². The summed E-state index contributed by atoms with van der Waals surface area (Å²) in [6, 6.07) is 0.0185. The number of likely N-dealkylation sites (tertiary alicyclic amines) is 1. The van der Waals surface area contributed by atoms with Crippen LogP contribution in [0.15, 0.2) is 0 Å². The standard InChI is InChI=1S/C7H13N2O/c1-8-7(10)6-4-3-5-9(6)2/h6H,2-5H2,1H3,(H,8,10). The van der Waals surface area contributed by atoms with Gasteiger partial charge in [-0.25, -0.2) is 0 Å². The summed E-state index contributed by atoms with van der Waals surface area (Å²) in [6.45, 7) is 0.943. The smallest absolute Gasteiger partial charge is 0.237 e. The first-order valence-electron chi connectivity index (χ1n) is 3.54. The van der Waals surface area contributed by atoms with E-state index in [2.05, 4.69) is 12.4 Å². The number of rotatable bonds is 1. The third-order valence-electron chi connectivity index (χ3n) is 1.91. The van der Waals surface area contributed by atoms with Gasteiger partial charge in [0.1, 0.15) is 0 Å². The van der Waals surface area contributed by atoms with E-state index in [9.17, 15) is 4.79 Å². The van der Waals surface area contributed by atoms with E-state index in [-0.39, 0.29) is 11.9 Å². The predicted molar refractivity (Wildman–Crippen MR) is 39.2 cm³/mol. The molecule has 1 N–H and O–H groups in total. The zero-order chi connectivity index (χ0) is 7.56. The topological polar surface area (TPSA) is 32.3 Å². The van der Waals surface area contributed by atoms with Gasteiger partial charge in [-0.1, -0.05) is 0 Å². The lowest BCUT2D eigenvalue weighted by atomic mass is 10.2. The molecule has 1 radical (unpaired) electrons. The van der Waals surface area contributed by atoms with E-state index in [0.717, 1.165) is 19.4 Å². The summed E-state index contributed by atoms with van der Waals surface area (Å²) in [5.74, 6) is 0.0903. The summed E-state index contributed by atoms with van der Waals surface area (Å²) in [4.78, 5) is 12.9. The number of hydrogen-bond donors (Lipinski definition) is 1. The van der Waals surface area contributed by atoms with Crippen LogP contribution >= 0.6 is 0 Å². The largest absolute Gasteiger partial charge is 0.358 e. The van der Waals surface area contributed by atoms with Crippen molar-refractivity contribution in [2.75, 3.05) is 13.6 Å². The average Bonchev–Trinajstić information content (AvgIpc) is 2.34. The monoisotopic (exact) mass is 141 g/mol. The minimum absolute atomic E-state index is 0.0185. The molecule has 1 amide bonds. The van der Waals surface area contributed by atoms with Crippen molar-refractivity contribution in [1.82, 2.24) is 10.2 Å². The number of carbonyl (C=O) groups is 1. The molecule has 1 unspecified atom stereocenters. The van der Waals surface area contributed by atoms with Crippen LogP contribution in [0.4, 0.5) is 0 Å². The normalized spacial score (nSPS) is 26.8. The predicted octanol–water partition coefficient (Wildman–Crippen LogP) is -0.0116. The Kier molecular flexibility index (Phi) is 2.27. The maximum atomic E-state index is 11.0. The zero-order valence-corrected chi connectivity index (χ0v) is 6.26. The van der Waals surface area contributed by atoms with Crippen molar-refractivity contribution in [3.63, 3.8) is 0 Å². The van der Waals surface area contributed by atoms with Gasteiger partial charge in [0.2, 0.25) is 5.91 Å². The van der Waals surface area contributed by atoms with Crippen LogP contribution in [-0.4, -0.2) is 30.4 Å². The number of amides is 1. The minimum atomic E-state index is 0.0185. The van der Waals surface area contributed by atoms with Gasteiger partial charge in [-0.3, -0.25) is 9.69 Å². The first-order valence-corrected chi connectivity index (χ1v) is 3.54. The zero-order valence-electron chi connectivity index (χ0n) is 6.26. The fraction of sp³-hybridized carbons (Fsp3) is 0.714. The molecule has 1 aliphatic rings. The molecule has 1 fully saturated rings. The number of carbonyl (C=O) groups excluding carboxylic acids is 1. The van der Waals surface area contributed by atoms with Crippen LogP contribution in [0.3, 0.4) is 0 Å². The van der Waals surface area contributed by atoms with E-state index in [0.29, 0.717) is 0 Å². The summed E-state index contributed by atoms with van der Waals surface area (Å²) in [6.07, 6.45) is 2.03. The number of likely N-dealkylation sites (N-methyl/N-ethyl adjacent to an activating group) is 1. The van der Waals surface area contributed by atoms with Crippen molar-refractivity contribution in [3.05, 3.63) is 7.05 Å². The first kappa shape index (κ1) is 7.54. The lowest BCUT2D eigenvalue weighted by Crippen LogP contribution is -2.38. The van der Waals surface area contributed by atoms with Gasteiger partial charge in [0, 0.05) is 14.1 Å². The molecule has 0 aromatic rings. The van der Waals surface area contributed by atoms with Crippen molar-refractivity contribution in [2.45, 2.75) is 18.9 Å². The van der Waals surface area contributed by atoms with E-state index < -0.39 is 0 Å². The molecule has 0 aromatic heterocycles. The van der Waals surface area contributed by atoms with E-state index >= 15 is 0 Å². The SMILES string of the molecule is [CH2]N1CCCC1C(=O)NC. The summed E-state index contributed by atoms with van der Waals surface area (Å²) in [5.41, 5.74) is 0. The maximum absolute atomic E-state index is 11.0. The minimum Gasteiger partial charge on any atom is -0.358 e. The quantitative estimate of drug-likeness (QED) is 0.557. The molecule has 0 spiro atoms. The Hall–Kier alpha value is -0.570. The van der Waals surface area contributed by atoms with Gasteiger partial charge >= 0.3 is 0 Å². The molecule has 57 valence electrons. The Bertz CT molecular complexity index is 136. The van der Waals surface area contributed by atoms with Gasteiger partial charge in [-0.05, 0) is 19.4 Å². The summed E-state index contributed by atoms with van der Waals surface area (Å²) >= 11 is 0. The summed E-state index contributed by atoms with van der Waals surface area (Å²) in [7, 11) is 5.42. The third kappa shape index (κ3) is 1.29. The average molecular weight is 141 g/mol. The highest BCUT2D eigenvalue weighted by molar-refractivity contribution is 5.81. The van der Waals surface area contributed by atoms with Crippen LogP contribution in [-0.2, 0) is 4.79 Å². The van der Waals surface area contributed by atoms with Crippen LogP contribution in [0.5, 0.6) is 0 Å². The second-order valence-corrected chi connectivity index (χ2v) is 2.58. The van der Waals surface area contributed by atoms with Crippen molar-refractivity contribution in [1.29, 1.82) is 0 Å². The Labute approximate surface area is 61.4 Å². The van der Waals surface area contributed by atoms with Gasteiger partial charge in [-0.2, -0.15) is 0 Å². The molecule has 1 heterocycles. The molecular weight excluding hydrogens is 128 g/mol. The Morgan fingerprint density at radius 1 is 1.80 bits per heavy atom. The van der Waals surface area contributed by atoms with Crippen molar-refractivity contribution >= 4 is 5.91 Å². The molecule has 1 saturated heterocycles. The lowest BCUT2D eigenvalue weighted by Gasteiger charge is -2.16. The molecule has 10 heavy (non-hydrogen) atoms. The van der Waals surface area contributed by atoms with Gasteiger partial charge in [0.15, 0.2) is 0 Å². The molecule has 1 atom stereocenters. The number of hydrogen-bond acceptors (Lipinski definition) is 2. The highest BCUT2D eigenvalue weighted by Gasteiger charge is 2.26. The lowest BCUT2D eigenvalue weighted by molar-refractivity contribution is -0.124. The van der Waals surface area contributed by atoms with E-state index in [1.807, 2.05) is 4.90 Å². The highest BCUT2D eigenvalue weighted by Crippen LogP contribution is 2.14. The van der Waals surface area contributed by atoms with Gasteiger partial charge in [-0.15, -0.1) is 0 Å². The molecule has 0 saturated carbocycles. The van der Waals surface area contributed by atoms with E-state index in [1.165, 1.54) is 0 Å². The molecule has 3 heteroatoms. The Morgan fingerprint density at radius 3 is 2.90 bits per heavy atom. The number of nitrogens with zero attached hydrogens (tertiary/aromatic N) is 1. The van der Waals surface area contributed by atoms with Gasteiger partial charge in [0.05, 0.1) is 6.04 Å². The van der Waals surface area contributed by atoms with Crippen LogP contribution in [0.2, 0.25) is 0 Å². The van der Waals surface area contributed by atoms with Crippen molar-refractivity contribution < 1.29 is 4.79 Å². The van der Waals surface area contributed by atoms with Gasteiger partial charge < -0.3 is 5.32 Å². The van der Waals surface area contributed by atoms with Crippen LogP contribution in [0.1, 0.15) is 12.8 Å². The van der Waals surface area contributed by atoms with Crippen LogP contribution in [0.25, 0.3) is 0 Å². The van der Waals surface area contributed by atoms with Crippen molar-refractivity contribution in [2.24, 2.45) is 0 Å². The first-order chi connectivity index (χ1) is 4.75. The molecule has 0 aromatic carbocycles. The number of nitrogens with one attached hydrogen (secondary N) is 1. The molecule has 1 aliphatic heterocycles. The second kappa shape index (κ2) is 3.01. The fourth-order valence-corrected chi connectivity index (χ4v) is 1.29. The molecule has 0 bridgehead atoms. The second-order valence-electron chi connectivity index (χ2n) is 2.58. The summed E-state index contributed by atoms with van der Waals surface area (Å²) in [5, 5.41) is 2.62. The molecule has 0 aliphatic carbocycles. The highest BCUT2D eigenvalue weighted by atomic mass is 16.2. The fourth-order valence-electron chi connectivity index (χ4n) is 1.29. The summed E-state index contributed by atoms with van der Waals surface area (Å²) < 4.78 is 0. The van der Waals surface area contributed by atoms with Gasteiger partial charge in [0.25, 0.3) is 0 Å². The molecular formula is C7H13N2O. The Morgan fingerprint density at radius 2 is 2.50 bits per heavy atom. The van der Waals surface area contributed by atoms with E-state index in [1.54, 1.807) is 7.05 Å².